The van der Waals surface area contributed by atoms with Gasteiger partial charge in [0.15, 0.2) is 11.7 Å². The van der Waals surface area contributed by atoms with Crippen LogP contribution in [0.5, 0.6) is 5.75 Å². The normalized spacial score (nSPS) is 18.7. The van der Waals surface area contributed by atoms with Crippen LogP contribution < -0.4 is 10.1 Å². The van der Waals surface area contributed by atoms with Crippen molar-refractivity contribution in [1.82, 2.24) is 15.1 Å². The Bertz CT molecular complexity index is 807. The molecule has 1 aromatic carbocycles. The number of para-hydroxylation sites is 1. The highest BCUT2D eigenvalue weighted by molar-refractivity contribution is 14.0. The van der Waals surface area contributed by atoms with E-state index in [1.54, 1.807) is 12.1 Å². The summed E-state index contributed by atoms with van der Waals surface area (Å²) < 4.78 is 11.2. The van der Waals surface area contributed by atoms with Crippen LogP contribution in [-0.2, 0) is 6.42 Å². The number of aliphatic imine (C=N–C) groups is 1. The first-order chi connectivity index (χ1) is 13.7. The molecule has 1 amide bonds. The smallest absolute Gasteiger partial charge is 0.289 e. The molecule has 0 bridgehead atoms. The van der Waals surface area contributed by atoms with E-state index in [4.69, 9.17) is 14.1 Å². The van der Waals surface area contributed by atoms with E-state index in [2.05, 4.69) is 23.2 Å². The van der Waals surface area contributed by atoms with Gasteiger partial charge in [-0.1, -0.05) is 18.2 Å². The minimum Gasteiger partial charge on any atom is -0.488 e. The van der Waals surface area contributed by atoms with Crippen LogP contribution in [-0.4, -0.2) is 67.0 Å². The van der Waals surface area contributed by atoms with Gasteiger partial charge in [0.2, 0.25) is 0 Å². The zero-order valence-electron chi connectivity index (χ0n) is 16.5. The number of benzene rings is 1. The minimum absolute atomic E-state index is 0. The molecule has 8 heteroatoms. The lowest BCUT2D eigenvalue weighted by atomic mass is 10.1. The fourth-order valence-electron chi connectivity index (χ4n) is 3.65. The third-order valence-electron chi connectivity index (χ3n) is 5.09. The molecular formula is C21H27IN4O3. The molecule has 2 aliphatic heterocycles. The first kappa shape index (κ1) is 21.5. The predicted molar refractivity (Wildman–Crippen MR) is 122 cm³/mol. The summed E-state index contributed by atoms with van der Waals surface area (Å²) in [6, 6.07) is 11.6. The number of guanidine groups is 1. The lowest BCUT2D eigenvalue weighted by Gasteiger charge is -2.36. The average Bonchev–Trinajstić information content (AvgIpc) is 3.40. The van der Waals surface area contributed by atoms with Gasteiger partial charge in [0, 0.05) is 39.1 Å². The molecule has 1 atom stereocenters. The van der Waals surface area contributed by atoms with Gasteiger partial charge >= 0.3 is 0 Å². The van der Waals surface area contributed by atoms with Crippen LogP contribution in [0.4, 0.5) is 0 Å². The van der Waals surface area contributed by atoms with Crippen LogP contribution in [0.25, 0.3) is 0 Å². The maximum atomic E-state index is 12.4. The molecule has 0 spiro atoms. The quantitative estimate of drug-likeness (QED) is 0.389. The zero-order chi connectivity index (χ0) is 19.3. The third-order valence-corrected chi connectivity index (χ3v) is 5.09. The molecular weight excluding hydrogens is 483 g/mol. The van der Waals surface area contributed by atoms with Crippen molar-refractivity contribution >= 4 is 35.8 Å². The fourth-order valence-corrected chi connectivity index (χ4v) is 3.65. The number of piperazine rings is 1. The molecule has 1 unspecified atom stereocenters. The molecule has 2 aromatic rings. The van der Waals surface area contributed by atoms with E-state index in [-0.39, 0.29) is 36.0 Å². The number of carbonyl (C=O) groups excluding carboxylic acids is 1. The second kappa shape index (κ2) is 10.00. The summed E-state index contributed by atoms with van der Waals surface area (Å²) in [5.74, 6) is 2.19. The second-order valence-corrected chi connectivity index (χ2v) is 7.00. The Morgan fingerprint density at radius 2 is 1.90 bits per heavy atom. The lowest BCUT2D eigenvalue weighted by Crippen LogP contribution is -2.54. The van der Waals surface area contributed by atoms with Crippen LogP contribution >= 0.6 is 24.0 Å². The molecule has 1 aromatic heterocycles. The number of amides is 1. The van der Waals surface area contributed by atoms with Crippen molar-refractivity contribution in [2.75, 3.05) is 39.3 Å². The summed E-state index contributed by atoms with van der Waals surface area (Å²) >= 11 is 0. The number of nitrogens with one attached hydrogen (secondary N) is 1. The van der Waals surface area contributed by atoms with Gasteiger partial charge in [0.25, 0.3) is 5.91 Å². The highest BCUT2D eigenvalue weighted by Crippen LogP contribution is 2.28. The van der Waals surface area contributed by atoms with Crippen molar-refractivity contribution in [3.8, 4) is 5.75 Å². The maximum Gasteiger partial charge on any atom is 0.289 e. The van der Waals surface area contributed by atoms with Crippen LogP contribution in [0.2, 0.25) is 0 Å². The average molecular weight is 510 g/mol. The summed E-state index contributed by atoms with van der Waals surface area (Å²) in [6.45, 7) is 6.26. The number of hydrogen-bond acceptors (Lipinski definition) is 4. The van der Waals surface area contributed by atoms with Crippen molar-refractivity contribution in [2.45, 2.75) is 19.4 Å². The zero-order valence-corrected chi connectivity index (χ0v) is 18.9. The predicted octanol–water partition coefficient (Wildman–Crippen LogP) is 2.62. The molecule has 0 saturated carbocycles. The van der Waals surface area contributed by atoms with Gasteiger partial charge in [0.1, 0.15) is 11.9 Å². The maximum absolute atomic E-state index is 12.4. The molecule has 0 radical (unpaired) electrons. The standard InChI is InChI=1S/C21H26N4O3.HI/c1-2-22-21(23-15-17-14-16-6-3-4-7-18(16)28-17)25-11-9-24(10-12-25)20(26)19-8-5-13-27-19;/h3-8,13,17H,2,9-12,14-15H2,1H3,(H,22,23);1H. The largest absolute Gasteiger partial charge is 0.488 e. The number of halogens is 1. The topological polar surface area (TPSA) is 70.3 Å². The first-order valence-electron chi connectivity index (χ1n) is 9.85. The number of hydrogen-bond donors (Lipinski definition) is 1. The van der Waals surface area contributed by atoms with E-state index in [0.717, 1.165) is 37.8 Å². The lowest BCUT2D eigenvalue weighted by molar-refractivity contribution is 0.0657. The van der Waals surface area contributed by atoms with Crippen molar-refractivity contribution in [3.63, 3.8) is 0 Å². The Hall–Kier alpha value is -2.23. The van der Waals surface area contributed by atoms with Gasteiger partial charge < -0.3 is 24.3 Å². The fraction of sp³-hybridized carbons (Fsp3) is 0.429. The third kappa shape index (κ3) is 5.04. The van der Waals surface area contributed by atoms with Gasteiger partial charge in [-0.15, -0.1) is 24.0 Å². The van der Waals surface area contributed by atoms with Gasteiger partial charge in [-0.2, -0.15) is 0 Å². The summed E-state index contributed by atoms with van der Waals surface area (Å²) in [5, 5.41) is 3.37. The van der Waals surface area contributed by atoms with Crippen LogP contribution in [0.1, 0.15) is 23.0 Å². The molecule has 1 saturated heterocycles. The van der Waals surface area contributed by atoms with E-state index in [0.29, 0.717) is 25.4 Å². The molecule has 4 rings (SSSR count). The second-order valence-electron chi connectivity index (χ2n) is 7.00. The first-order valence-corrected chi connectivity index (χ1v) is 9.85. The SMILES string of the molecule is CCNC(=NCC1Cc2ccccc2O1)N1CCN(C(=O)c2ccco2)CC1.I. The number of fused-ring (bicyclic) bond motifs is 1. The number of nitrogens with zero attached hydrogens (tertiary/aromatic N) is 3. The molecule has 29 heavy (non-hydrogen) atoms. The highest BCUT2D eigenvalue weighted by atomic mass is 127. The molecule has 1 fully saturated rings. The highest BCUT2D eigenvalue weighted by Gasteiger charge is 2.26. The van der Waals surface area contributed by atoms with Crippen LogP contribution in [0.15, 0.2) is 52.1 Å². The van der Waals surface area contributed by atoms with Gasteiger partial charge in [-0.25, -0.2) is 4.99 Å². The summed E-state index contributed by atoms with van der Waals surface area (Å²) in [4.78, 5) is 21.3. The van der Waals surface area contributed by atoms with Crippen molar-refractivity contribution in [1.29, 1.82) is 0 Å². The Morgan fingerprint density at radius 3 is 2.59 bits per heavy atom. The van der Waals surface area contributed by atoms with Crippen molar-refractivity contribution < 1.29 is 13.9 Å². The Labute approximate surface area is 188 Å². The van der Waals surface area contributed by atoms with Gasteiger partial charge in [-0.05, 0) is 30.7 Å². The molecule has 7 nitrogen and oxygen atoms in total. The summed E-state index contributed by atoms with van der Waals surface area (Å²) in [5.41, 5.74) is 1.25. The van der Waals surface area contributed by atoms with Gasteiger partial charge in [-0.3, -0.25) is 4.79 Å². The number of carbonyl (C=O) groups is 1. The molecule has 0 aliphatic carbocycles. The number of rotatable bonds is 4. The van der Waals surface area contributed by atoms with E-state index in [1.165, 1.54) is 11.8 Å². The van der Waals surface area contributed by atoms with E-state index >= 15 is 0 Å². The minimum atomic E-state index is -0.0521. The summed E-state index contributed by atoms with van der Waals surface area (Å²) in [6.07, 6.45) is 2.50. The molecule has 2 aliphatic rings. The Morgan fingerprint density at radius 1 is 1.14 bits per heavy atom. The van der Waals surface area contributed by atoms with Gasteiger partial charge in [0.05, 0.1) is 12.8 Å². The van der Waals surface area contributed by atoms with Crippen LogP contribution in [0, 0.1) is 0 Å². The molecule has 1 N–H and O–H groups in total. The number of ether oxygens (including phenoxy) is 1. The number of furan rings is 1. The van der Waals surface area contributed by atoms with Crippen molar-refractivity contribution in [3.05, 3.63) is 54.0 Å². The van der Waals surface area contributed by atoms with E-state index < -0.39 is 0 Å². The van der Waals surface area contributed by atoms with E-state index in [9.17, 15) is 4.79 Å². The monoisotopic (exact) mass is 510 g/mol. The molecule has 156 valence electrons. The van der Waals surface area contributed by atoms with E-state index in [1.807, 2.05) is 23.1 Å². The Kier molecular flexibility index (Phi) is 7.40. The van der Waals surface area contributed by atoms with Crippen LogP contribution in [0.3, 0.4) is 0 Å². The Balaban J connectivity index is 0.00000240. The molecule has 3 heterocycles. The van der Waals surface area contributed by atoms with Crippen molar-refractivity contribution in [2.24, 2.45) is 4.99 Å². The summed E-state index contributed by atoms with van der Waals surface area (Å²) in [7, 11) is 0.